The van der Waals surface area contributed by atoms with Crippen molar-refractivity contribution >= 4 is 46.8 Å². The predicted molar refractivity (Wildman–Crippen MR) is 152 cm³/mol. The first-order chi connectivity index (χ1) is 18.7. The molecule has 40 heavy (non-hydrogen) atoms. The maximum atomic E-state index is 13.0. The van der Waals surface area contributed by atoms with Crippen molar-refractivity contribution in [2.24, 2.45) is 11.1 Å². The molecule has 0 bridgehead atoms. The summed E-state index contributed by atoms with van der Waals surface area (Å²) >= 11 is 6.54. The summed E-state index contributed by atoms with van der Waals surface area (Å²) in [5.41, 5.74) is 5.84. The second-order valence-electron chi connectivity index (χ2n) is 11.3. The van der Waals surface area contributed by atoms with Gasteiger partial charge in [-0.3, -0.25) is 24.0 Å². The maximum Gasteiger partial charge on any atom is 0.247 e. The van der Waals surface area contributed by atoms with Crippen LogP contribution in [0.4, 0.5) is 5.69 Å². The summed E-state index contributed by atoms with van der Waals surface area (Å²) < 4.78 is 0. The van der Waals surface area contributed by atoms with Crippen LogP contribution in [0.15, 0.2) is 18.2 Å². The third-order valence-corrected chi connectivity index (χ3v) is 7.15. The molecule has 0 aromatic heterocycles. The summed E-state index contributed by atoms with van der Waals surface area (Å²) in [6.45, 7) is 7.72. The van der Waals surface area contributed by atoms with Crippen LogP contribution >= 0.6 is 11.6 Å². The van der Waals surface area contributed by atoms with Gasteiger partial charge < -0.3 is 31.7 Å². The van der Waals surface area contributed by atoms with Crippen LogP contribution in [-0.2, 0) is 30.4 Å². The van der Waals surface area contributed by atoms with Gasteiger partial charge in [0.05, 0.1) is 16.8 Å². The lowest BCUT2D eigenvalue weighted by Gasteiger charge is -2.33. The average molecular weight is 580 g/mol. The Balaban J connectivity index is 1.92. The van der Waals surface area contributed by atoms with Gasteiger partial charge in [-0.25, -0.2) is 0 Å². The second-order valence-corrected chi connectivity index (χ2v) is 11.7. The van der Waals surface area contributed by atoms with Gasteiger partial charge in [0.1, 0.15) is 12.1 Å². The van der Waals surface area contributed by atoms with Gasteiger partial charge in [0.25, 0.3) is 0 Å². The lowest BCUT2D eigenvalue weighted by molar-refractivity contribution is -0.138. The smallest absolute Gasteiger partial charge is 0.247 e. The highest BCUT2D eigenvalue weighted by Crippen LogP contribution is 2.28. The molecule has 1 saturated heterocycles. The lowest BCUT2D eigenvalue weighted by Crippen LogP contribution is -2.54. The van der Waals surface area contributed by atoms with Crippen molar-refractivity contribution in [1.82, 2.24) is 15.5 Å². The first-order valence-corrected chi connectivity index (χ1v) is 14.0. The van der Waals surface area contributed by atoms with E-state index in [1.807, 2.05) is 26.8 Å². The summed E-state index contributed by atoms with van der Waals surface area (Å²) in [6, 6.07) is 3.58. The van der Waals surface area contributed by atoms with E-state index in [1.165, 1.54) is 6.92 Å². The summed E-state index contributed by atoms with van der Waals surface area (Å²) in [5.74, 6) is -1.91. The Morgan fingerprint density at radius 1 is 1.12 bits per heavy atom. The Labute approximate surface area is 240 Å². The standard InChI is InChI=1S/C28H42ClN5O6/c1-17(35)31-21(12-13-22(30)37)26(39)32-20-10-7-9-18(24(20)29)8-5-6-11-23(38)33-25(28(2,3)4)27(40)34-15-14-19(36)16-34/h7,9-10,19,21,25,36H,5-6,8,11-16H2,1-4H3,(H2,30,37)(H,31,35)(H,32,39)(H,33,38)/t19-,21?,25-/m1/s1. The highest BCUT2D eigenvalue weighted by Gasteiger charge is 2.37. The van der Waals surface area contributed by atoms with Gasteiger partial charge in [0.15, 0.2) is 0 Å². The molecule has 1 unspecified atom stereocenters. The third-order valence-electron chi connectivity index (χ3n) is 6.70. The molecule has 12 heteroatoms. The Morgan fingerprint density at radius 2 is 1.82 bits per heavy atom. The molecule has 3 atom stereocenters. The third kappa shape index (κ3) is 10.4. The Bertz CT molecular complexity index is 1090. The van der Waals surface area contributed by atoms with Crippen molar-refractivity contribution in [3.05, 3.63) is 28.8 Å². The molecule has 0 radical (unpaired) electrons. The van der Waals surface area contributed by atoms with E-state index in [4.69, 9.17) is 17.3 Å². The number of nitrogens with two attached hydrogens (primary N) is 1. The maximum absolute atomic E-state index is 13.0. The molecule has 1 aliphatic heterocycles. The number of likely N-dealkylation sites (tertiary alicyclic amines) is 1. The number of hydrogen-bond acceptors (Lipinski definition) is 6. The van der Waals surface area contributed by atoms with E-state index < -0.39 is 41.3 Å². The molecule has 6 N–H and O–H groups in total. The number of halogens is 1. The molecule has 1 aliphatic rings. The molecule has 11 nitrogen and oxygen atoms in total. The Morgan fingerprint density at radius 3 is 2.40 bits per heavy atom. The van der Waals surface area contributed by atoms with Crippen LogP contribution in [0.2, 0.25) is 5.02 Å². The summed E-state index contributed by atoms with van der Waals surface area (Å²) in [7, 11) is 0. The van der Waals surface area contributed by atoms with Gasteiger partial charge in [0.2, 0.25) is 29.5 Å². The minimum absolute atomic E-state index is 0.0573. The molecule has 222 valence electrons. The number of aliphatic hydroxyl groups excluding tert-OH is 1. The minimum atomic E-state index is -0.942. The SMILES string of the molecule is CC(=O)NC(CCC(N)=O)C(=O)Nc1cccc(CCCCC(=O)N[C@H](C(=O)N2CC[C@@H](O)C2)C(C)(C)C)c1Cl. The molecule has 0 aliphatic carbocycles. The van der Waals surface area contributed by atoms with Gasteiger partial charge in [-0.05, 0) is 49.1 Å². The van der Waals surface area contributed by atoms with Crippen molar-refractivity contribution in [3.63, 3.8) is 0 Å². The van der Waals surface area contributed by atoms with Crippen LogP contribution in [0, 0.1) is 5.41 Å². The highest BCUT2D eigenvalue weighted by atomic mass is 35.5. The number of carbonyl (C=O) groups is 5. The number of rotatable bonds is 13. The number of unbranched alkanes of at least 4 members (excludes halogenated alkanes) is 1. The minimum Gasteiger partial charge on any atom is -0.391 e. The van der Waals surface area contributed by atoms with E-state index in [0.29, 0.717) is 42.9 Å². The zero-order valence-corrected chi connectivity index (χ0v) is 24.5. The molecule has 0 saturated carbocycles. The fourth-order valence-corrected chi connectivity index (χ4v) is 4.77. The highest BCUT2D eigenvalue weighted by molar-refractivity contribution is 6.34. The summed E-state index contributed by atoms with van der Waals surface area (Å²) in [4.78, 5) is 62.7. The largest absolute Gasteiger partial charge is 0.391 e. The normalized spacial score (nSPS) is 16.6. The Kier molecular flexibility index (Phi) is 12.4. The number of aryl methyl sites for hydroxylation is 1. The quantitative estimate of drug-likeness (QED) is 0.223. The van der Waals surface area contributed by atoms with E-state index in [1.54, 1.807) is 17.0 Å². The van der Waals surface area contributed by atoms with E-state index in [9.17, 15) is 29.1 Å². The van der Waals surface area contributed by atoms with Crippen LogP contribution in [0.25, 0.3) is 0 Å². The van der Waals surface area contributed by atoms with E-state index in [2.05, 4.69) is 16.0 Å². The van der Waals surface area contributed by atoms with Crippen molar-refractivity contribution in [1.29, 1.82) is 0 Å². The average Bonchev–Trinajstić information content (AvgIpc) is 3.29. The number of primary amides is 1. The van der Waals surface area contributed by atoms with Gasteiger partial charge in [-0.1, -0.05) is 44.5 Å². The van der Waals surface area contributed by atoms with Crippen molar-refractivity contribution < 1.29 is 29.1 Å². The summed E-state index contributed by atoms with van der Waals surface area (Å²) in [5, 5.41) is 18.2. The van der Waals surface area contributed by atoms with Gasteiger partial charge >= 0.3 is 0 Å². The molecule has 1 aromatic rings. The zero-order valence-electron chi connectivity index (χ0n) is 23.7. The molecular weight excluding hydrogens is 538 g/mol. The van der Waals surface area contributed by atoms with Gasteiger partial charge in [0, 0.05) is 32.9 Å². The van der Waals surface area contributed by atoms with Crippen molar-refractivity contribution in [2.75, 3.05) is 18.4 Å². The first-order valence-electron chi connectivity index (χ1n) is 13.6. The molecule has 1 heterocycles. The van der Waals surface area contributed by atoms with Crippen molar-refractivity contribution in [2.45, 2.75) is 90.8 Å². The number of nitrogens with one attached hydrogen (secondary N) is 3. The van der Waals surface area contributed by atoms with Crippen LogP contribution in [0.3, 0.4) is 0 Å². The molecule has 5 amide bonds. The first kappa shape index (κ1) is 33.0. The number of carbonyl (C=O) groups excluding carboxylic acids is 5. The number of anilines is 1. The topological polar surface area (TPSA) is 171 Å². The second kappa shape index (κ2) is 15.0. The van der Waals surface area contributed by atoms with Crippen LogP contribution in [0.1, 0.15) is 71.8 Å². The fraction of sp³-hybridized carbons (Fsp3) is 0.607. The Hall–Kier alpha value is -3.18. The molecule has 2 rings (SSSR count). The van der Waals surface area contributed by atoms with Gasteiger partial charge in [-0.2, -0.15) is 0 Å². The van der Waals surface area contributed by atoms with Crippen molar-refractivity contribution in [3.8, 4) is 0 Å². The monoisotopic (exact) mass is 579 g/mol. The van der Waals surface area contributed by atoms with Crippen LogP contribution < -0.4 is 21.7 Å². The molecule has 1 fully saturated rings. The van der Waals surface area contributed by atoms with E-state index in [-0.39, 0.29) is 37.6 Å². The van der Waals surface area contributed by atoms with Crippen LogP contribution in [0.5, 0.6) is 0 Å². The number of hydrogen-bond donors (Lipinski definition) is 5. The summed E-state index contributed by atoms with van der Waals surface area (Å²) in [6.07, 6.45) is 1.99. The van der Waals surface area contributed by atoms with Gasteiger partial charge in [-0.15, -0.1) is 0 Å². The lowest BCUT2D eigenvalue weighted by atomic mass is 9.85. The van der Waals surface area contributed by atoms with E-state index in [0.717, 1.165) is 5.56 Å². The van der Waals surface area contributed by atoms with Crippen LogP contribution in [-0.4, -0.2) is 70.8 Å². The van der Waals surface area contributed by atoms with E-state index >= 15 is 0 Å². The molecule has 0 spiro atoms. The number of amides is 5. The predicted octanol–water partition coefficient (Wildman–Crippen LogP) is 1.89. The molecule has 1 aromatic carbocycles. The molecular formula is C28H42ClN5O6. The number of benzene rings is 1. The number of aliphatic hydroxyl groups is 1. The fourth-order valence-electron chi connectivity index (χ4n) is 4.50. The number of β-amino-alcohol motifs (C(OH)–C–C–N with tert-alkyl or cyclic N) is 1. The zero-order chi connectivity index (χ0) is 30.0. The number of nitrogens with zero attached hydrogens (tertiary/aromatic N) is 1.